The molecule has 0 aromatic rings. The summed E-state index contributed by atoms with van der Waals surface area (Å²) in [5.41, 5.74) is 0. The number of ether oxygens (including phenoxy) is 2. The van der Waals surface area contributed by atoms with E-state index in [0.29, 0.717) is 0 Å². The summed E-state index contributed by atoms with van der Waals surface area (Å²) in [4.78, 5) is 0. The smallest absolute Gasteiger partial charge is 0.156 e. The highest BCUT2D eigenvalue weighted by atomic mass is 16.7. The Kier molecular flexibility index (Phi) is 6.98. The molecule has 0 amide bonds. The van der Waals surface area contributed by atoms with Crippen molar-refractivity contribution < 1.29 is 9.47 Å². The Hall–Kier alpha value is -0.0800. The van der Waals surface area contributed by atoms with Gasteiger partial charge in [-0.3, -0.25) is 0 Å². The molecule has 0 N–H and O–H groups in total. The average Bonchev–Trinajstić information content (AvgIpc) is 1.99. The first-order valence-corrected chi connectivity index (χ1v) is 3.70. The second kappa shape index (κ2) is 7.03. The third kappa shape index (κ3) is 4.77. The van der Waals surface area contributed by atoms with Gasteiger partial charge in [0.25, 0.3) is 0 Å². The van der Waals surface area contributed by atoms with Gasteiger partial charge in [-0.2, -0.15) is 0 Å². The van der Waals surface area contributed by atoms with Gasteiger partial charge in [0.2, 0.25) is 0 Å². The van der Waals surface area contributed by atoms with Gasteiger partial charge in [-0.15, -0.1) is 0 Å². The van der Waals surface area contributed by atoms with Gasteiger partial charge in [-0.1, -0.05) is 19.8 Å². The normalized spacial score (nSPS) is 10.8. The van der Waals surface area contributed by atoms with E-state index in [2.05, 4.69) is 6.92 Å². The maximum absolute atomic E-state index is 5.00. The lowest BCUT2D eigenvalue weighted by molar-refractivity contribution is -0.107. The van der Waals surface area contributed by atoms with Crippen LogP contribution in [0.3, 0.4) is 0 Å². The van der Waals surface area contributed by atoms with Crippen molar-refractivity contribution in [3.8, 4) is 0 Å². The van der Waals surface area contributed by atoms with Crippen LogP contribution >= 0.6 is 0 Å². The monoisotopic (exact) mass is 145 g/mol. The lowest BCUT2D eigenvalue weighted by Crippen LogP contribution is -2.12. The zero-order valence-electron chi connectivity index (χ0n) is 6.93. The van der Waals surface area contributed by atoms with Crippen LogP contribution in [0.2, 0.25) is 0 Å². The van der Waals surface area contributed by atoms with Crippen LogP contribution in [0.1, 0.15) is 25.7 Å². The minimum atomic E-state index is -0.0217. The van der Waals surface area contributed by atoms with Gasteiger partial charge in [0.15, 0.2) is 6.29 Å². The van der Waals surface area contributed by atoms with Crippen LogP contribution in [0.15, 0.2) is 0 Å². The zero-order chi connectivity index (χ0) is 7.82. The summed E-state index contributed by atoms with van der Waals surface area (Å²) >= 11 is 0. The summed E-state index contributed by atoms with van der Waals surface area (Å²) in [5, 5.41) is 0. The fourth-order valence-electron chi connectivity index (χ4n) is 0.820. The van der Waals surface area contributed by atoms with Gasteiger partial charge in [-0.25, -0.2) is 0 Å². The molecule has 0 heterocycles. The first-order valence-electron chi connectivity index (χ1n) is 3.70. The molecule has 0 atom stereocenters. The molecule has 0 fully saturated rings. The first kappa shape index (κ1) is 9.92. The summed E-state index contributed by atoms with van der Waals surface area (Å²) in [6.07, 6.45) is 4.24. The molecule has 0 aliphatic carbocycles. The van der Waals surface area contributed by atoms with Crippen molar-refractivity contribution in [2.45, 2.75) is 32.0 Å². The topological polar surface area (TPSA) is 18.5 Å². The van der Waals surface area contributed by atoms with Crippen LogP contribution in [-0.4, -0.2) is 20.5 Å². The fourth-order valence-corrected chi connectivity index (χ4v) is 0.820. The standard InChI is InChI=1S/C8H17O2/c1-4-5-6-7-8(9-2)10-3/h8H,1,4-7H2,2-3H3. The van der Waals surface area contributed by atoms with Crippen LogP contribution in [0, 0.1) is 6.92 Å². The average molecular weight is 145 g/mol. The first-order chi connectivity index (χ1) is 4.85. The van der Waals surface area contributed by atoms with E-state index in [4.69, 9.17) is 9.47 Å². The SMILES string of the molecule is [CH2]CCCCC(OC)OC. The molecular weight excluding hydrogens is 128 g/mol. The van der Waals surface area contributed by atoms with Gasteiger partial charge in [0.1, 0.15) is 0 Å². The molecule has 1 radical (unpaired) electrons. The Morgan fingerprint density at radius 3 is 2.20 bits per heavy atom. The minimum absolute atomic E-state index is 0.0217. The maximum Gasteiger partial charge on any atom is 0.156 e. The molecule has 0 aromatic heterocycles. The predicted octanol–water partition coefficient (Wildman–Crippen LogP) is 2.00. The van der Waals surface area contributed by atoms with Gasteiger partial charge in [0, 0.05) is 14.2 Å². The number of hydrogen-bond donors (Lipinski definition) is 0. The highest BCUT2D eigenvalue weighted by Crippen LogP contribution is 2.05. The van der Waals surface area contributed by atoms with E-state index in [9.17, 15) is 0 Å². The highest BCUT2D eigenvalue weighted by molar-refractivity contribution is 4.47. The van der Waals surface area contributed by atoms with Gasteiger partial charge in [-0.05, 0) is 12.8 Å². The van der Waals surface area contributed by atoms with Crippen molar-refractivity contribution in [1.29, 1.82) is 0 Å². The fraction of sp³-hybridized carbons (Fsp3) is 0.875. The summed E-state index contributed by atoms with van der Waals surface area (Å²) in [6.45, 7) is 3.75. The van der Waals surface area contributed by atoms with Crippen molar-refractivity contribution in [3.63, 3.8) is 0 Å². The zero-order valence-corrected chi connectivity index (χ0v) is 6.93. The van der Waals surface area contributed by atoms with Gasteiger partial charge in [0.05, 0.1) is 0 Å². The van der Waals surface area contributed by atoms with Crippen LogP contribution < -0.4 is 0 Å². The summed E-state index contributed by atoms with van der Waals surface area (Å²) in [6, 6.07) is 0. The second-order valence-corrected chi connectivity index (χ2v) is 2.25. The van der Waals surface area contributed by atoms with Gasteiger partial charge < -0.3 is 9.47 Å². The van der Waals surface area contributed by atoms with Crippen molar-refractivity contribution in [1.82, 2.24) is 0 Å². The molecule has 2 heteroatoms. The largest absolute Gasteiger partial charge is 0.356 e. The minimum Gasteiger partial charge on any atom is -0.356 e. The number of methoxy groups -OCH3 is 2. The van der Waals surface area contributed by atoms with Crippen LogP contribution in [-0.2, 0) is 9.47 Å². The molecule has 0 aliphatic rings. The third-order valence-electron chi connectivity index (χ3n) is 1.47. The second-order valence-electron chi connectivity index (χ2n) is 2.25. The molecule has 0 saturated heterocycles. The summed E-state index contributed by atoms with van der Waals surface area (Å²) in [5.74, 6) is 0. The third-order valence-corrected chi connectivity index (χ3v) is 1.47. The molecule has 0 aliphatic heterocycles. The Bertz CT molecular complexity index is 60.3. The number of rotatable bonds is 6. The van der Waals surface area contributed by atoms with E-state index in [1.165, 1.54) is 0 Å². The Labute approximate surface area is 63.5 Å². The quantitative estimate of drug-likeness (QED) is 0.420. The molecule has 0 rings (SSSR count). The Morgan fingerprint density at radius 1 is 1.20 bits per heavy atom. The van der Waals surface area contributed by atoms with E-state index in [1.54, 1.807) is 14.2 Å². The van der Waals surface area contributed by atoms with E-state index < -0.39 is 0 Å². The van der Waals surface area contributed by atoms with Crippen LogP contribution in [0.4, 0.5) is 0 Å². The molecule has 0 spiro atoms. The summed E-state index contributed by atoms with van der Waals surface area (Å²) < 4.78 is 10.0. The van der Waals surface area contributed by atoms with Crippen molar-refractivity contribution in [2.24, 2.45) is 0 Å². The summed E-state index contributed by atoms with van der Waals surface area (Å²) in [7, 11) is 3.33. The van der Waals surface area contributed by atoms with E-state index in [1.807, 2.05) is 0 Å². The molecule has 2 nitrogen and oxygen atoms in total. The Morgan fingerprint density at radius 2 is 1.80 bits per heavy atom. The molecule has 0 unspecified atom stereocenters. The lowest BCUT2D eigenvalue weighted by atomic mass is 10.2. The number of unbranched alkanes of at least 4 members (excludes halogenated alkanes) is 2. The molecular formula is C8H17O2. The van der Waals surface area contributed by atoms with Crippen LogP contribution in [0.5, 0.6) is 0 Å². The van der Waals surface area contributed by atoms with E-state index in [-0.39, 0.29) is 6.29 Å². The van der Waals surface area contributed by atoms with Crippen molar-refractivity contribution in [2.75, 3.05) is 14.2 Å². The molecule has 0 saturated carbocycles. The predicted molar refractivity (Wildman–Crippen MR) is 41.6 cm³/mol. The molecule has 61 valence electrons. The van der Waals surface area contributed by atoms with E-state index >= 15 is 0 Å². The van der Waals surface area contributed by atoms with Crippen molar-refractivity contribution in [3.05, 3.63) is 6.92 Å². The Balaban J connectivity index is 3.09. The highest BCUT2D eigenvalue weighted by Gasteiger charge is 2.02. The van der Waals surface area contributed by atoms with Gasteiger partial charge >= 0.3 is 0 Å². The van der Waals surface area contributed by atoms with E-state index in [0.717, 1.165) is 25.7 Å². The molecule has 0 bridgehead atoms. The molecule has 10 heavy (non-hydrogen) atoms. The van der Waals surface area contributed by atoms with Crippen molar-refractivity contribution >= 4 is 0 Å². The van der Waals surface area contributed by atoms with Crippen LogP contribution in [0.25, 0.3) is 0 Å². The maximum atomic E-state index is 5.00. The number of hydrogen-bond acceptors (Lipinski definition) is 2. The lowest BCUT2D eigenvalue weighted by Gasteiger charge is -2.11. The molecule has 0 aromatic carbocycles.